The predicted molar refractivity (Wildman–Crippen MR) is 86.6 cm³/mol. The second-order valence-electron chi connectivity index (χ2n) is 4.97. The van der Waals surface area contributed by atoms with Crippen LogP contribution in [0.4, 0.5) is 0 Å². The fourth-order valence-electron chi connectivity index (χ4n) is 2.36. The summed E-state index contributed by atoms with van der Waals surface area (Å²) in [4.78, 5) is 19.1. The number of nitrogens with zero attached hydrogens (tertiary/aromatic N) is 1. The van der Waals surface area contributed by atoms with E-state index in [4.69, 9.17) is 23.2 Å². The molecule has 0 saturated heterocycles. The van der Waals surface area contributed by atoms with E-state index in [1.165, 1.54) is 0 Å². The summed E-state index contributed by atoms with van der Waals surface area (Å²) in [5, 5.41) is 10.6. The topological polar surface area (TPSA) is 66.0 Å². The molecule has 0 radical (unpaired) electrons. The van der Waals surface area contributed by atoms with Crippen LogP contribution in [0.5, 0.6) is 0 Å². The van der Waals surface area contributed by atoms with Gasteiger partial charge in [0.15, 0.2) is 0 Å². The van der Waals surface area contributed by atoms with E-state index in [1.54, 1.807) is 18.2 Å². The maximum Gasteiger partial charge on any atom is 0.314 e. The van der Waals surface area contributed by atoms with E-state index in [2.05, 4.69) is 9.97 Å². The monoisotopic (exact) mass is 334 g/mol. The van der Waals surface area contributed by atoms with Gasteiger partial charge in [-0.2, -0.15) is 0 Å². The van der Waals surface area contributed by atoms with Gasteiger partial charge in [-0.05, 0) is 42.3 Å². The Kier molecular flexibility index (Phi) is 4.05. The Morgan fingerprint density at radius 3 is 2.73 bits per heavy atom. The van der Waals surface area contributed by atoms with Gasteiger partial charge in [0.25, 0.3) is 0 Å². The van der Waals surface area contributed by atoms with Crippen molar-refractivity contribution in [2.24, 2.45) is 0 Å². The number of fused-ring (bicyclic) bond motifs is 1. The highest BCUT2D eigenvalue weighted by Gasteiger charge is 2.25. The molecule has 1 heterocycles. The normalized spacial score (nSPS) is 12.5. The van der Waals surface area contributed by atoms with E-state index in [0.717, 1.165) is 11.0 Å². The molecule has 22 heavy (non-hydrogen) atoms. The molecule has 0 aliphatic rings. The predicted octanol–water partition coefficient (Wildman–Crippen LogP) is 4.28. The van der Waals surface area contributed by atoms with Gasteiger partial charge < -0.3 is 10.1 Å². The zero-order chi connectivity index (χ0) is 15.7. The number of rotatable bonds is 4. The van der Waals surface area contributed by atoms with Crippen LogP contribution in [0.25, 0.3) is 11.0 Å². The summed E-state index contributed by atoms with van der Waals surface area (Å²) in [6, 6.07) is 12.4. The lowest BCUT2D eigenvalue weighted by molar-refractivity contribution is -0.138. The van der Waals surface area contributed by atoms with Gasteiger partial charge in [0, 0.05) is 10.0 Å². The molecule has 0 spiro atoms. The van der Waals surface area contributed by atoms with Crippen LogP contribution < -0.4 is 0 Å². The summed E-state index contributed by atoms with van der Waals surface area (Å²) < 4.78 is 0. The van der Waals surface area contributed by atoms with Crippen LogP contribution in [0, 0.1) is 0 Å². The first-order chi connectivity index (χ1) is 10.5. The summed E-state index contributed by atoms with van der Waals surface area (Å²) >= 11 is 12.1. The molecule has 0 saturated carbocycles. The molecule has 2 aromatic carbocycles. The molecule has 3 rings (SSSR count). The number of halogens is 2. The zero-order valence-electron chi connectivity index (χ0n) is 11.4. The average molecular weight is 335 g/mol. The van der Waals surface area contributed by atoms with Gasteiger partial charge in [-0.25, -0.2) is 4.98 Å². The summed E-state index contributed by atoms with van der Waals surface area (Å²) in [6.45, 7) is 0. The van der Waals surface area contributed by atoms with Crippen molar-refractivity contribution in [1.29, 1.82) is 0 Å². The number of imidazole rings is 1. The quantitative estimate of drug-likeness (QED) is 0.748. The molecule has 1 atom stereocenters. The van der Waals surface area contributed by atoms with Crippen LogP contribution >= 0.6 is 23.2 Å². The van der Waals surface area contributed by atoms with Crippen molar-refractivity contribution in [2.75, 3.05) is 0 Å². The second-order valence-corrected chi connectivity index (χ2v) is 5.81. The average Bonchev–Trinajstić information content (AvgIpc) is 2.91. The standard InChI is InChI=1S/C16H12Cl2N2O2/c17-10-5-6-12(18)9(7-10)8-11(16(21)22)15-19-13-3-1-2-4-14(13)20-15/h1-7,11H,8H2,(H,19,20)(H,21,22)/t11-/m0/s1. The van der Waals surface area contributed by atoms with Gasteiger partial charge in [-0.15, -0.1) is 0 Å². The fourth-order valence-corrected chi connectivity index (χ4v) is 2.75. The largest absolute Gasteiger partial charge is 0.481 e. The van der Waals surface area contributed by atoms with Crippen molar-refractivity contribution in [3.05, 3.63) is 63.9 Å². The van der Waals surface area contributed by atoms with Gasteiger partial charge in [0.1, 0.15) is 11.7 Å². The van der Waals surface area contributed by atoms with E-state index >= 15 is 0 Å². The summed E-state index contributed by atoms with van der Waals surface area (Å²) in [6.07, 6.45) is 0.217. The maximum absolute atomic E-state index is 11.6. The second kappa shape index (κ2) is 5.99. The molecule has 1 aromatic heterocycles. The smallest absolute Gasteiger partial charge is 0.314 e. The third-order valence-electron chi connectivity index (χ3n) is 3.47. The molecular formula is C16H12Cl2N2O2. The summed E-state index contributed by atoms with van der Waals surface area (Å²) in [7, 11) is 0. The lowest BCUT2D eigenvalue weighted by Gasteiger charge is -2.11. The van der Waals surface area contributed by atoms with Gasteiger partial charge in [0.05, 0.1) is 11.0 Å². The van der Waals surface area contributed by atoms with Gasteiger partial charge in [-0.1, -0.05) is 35.3 Å². The van der Waals surface area contributed by atoms with Crippen molar-refractivity contribution in [1.82, 2.24) is 9.97 Å². The van der Waals surface area contributed by atoms with Crippen LogP contribution in [0.15, 0.2) is 42.5 Å². The van der Waals surface area contributed by atoms with Crippen LogP contribution in [-0.2, 0) is 11.2 Å². The molecule has 0 aliphatic carbocycles. The first kappa shape index (κ1) is 14.9. The number of carboxylic acids is 1. The number of aromatic nitrogens is 2. The van der Waals surface area contributed by atoms with Crippen LogP contribution in [0.3, 0.4) is 0 Å². The van der Waals surface area contributed by atoms with Crippen LogP contribution in [0.1, 0.15) is 17.3 Å². The molecule has 0 bridgehead atoms. The van der Waals surface area contributed by atoms with E-state index in [-0.39, 0.29) is 6.42 Å². The van der Waals surface area contributed by atoms with Crippen molar-refractivity contribution < 1.29 is 9.90 Å². The van der Waals surface area contributed by atoms with E-state index < -0.39 is 11.9 Å². The fraction of sp³-hybridized carbons (Fsp3) is 0.125. The zero-order valence-corrected chi connectivity index (χ0v) is 12.9. The minimum atomic E-state index is -0.963. The molecule has 112 valence electrons. The Morgan fingerprint density at radius 2 is 2.00 bits per heavy atom. The molecule has 0 aliphatic heterocycles. The Morgan fingerprint density at radius 1 is 1.23 bits per heavy atom. The third kappa shape index (κ3) is 2.93. The maximum atomic E-state index is 11.6. The van der Waals surface area contributed by atoms with Gasteiger partial charge in [-0.3, -0.25) is 4.79 Å². The SMILES string of the molecule is O=C(O)[C@@H](Cc1cc(Cl)ccc1Cl)c1nc2ccccc2[nH]1. The number of hydrogen-bond acceptors (Lipinski definition) is 2. The van der Waals surface area contributed by atoms with Gasteiger partial charge in [0.2, 0.25) is 0 Å². The highest BCUT2D eigenvalue weighted by molar-refractivity contribution is 6.33. The van der Waals surface area contributed by atoms with Crippen LogP contribution in [-0.4, -0.2) is 21.0 Å². The molecule has 6 heteroatoms. The van der Waals surface area contributed by atoms with Crippen LogP contribution in [0.2, 0.25) is 10.0 Å². The minimum Gasteiger partial charge on any atom is -0.481 e. The van der Waals surface area contributed by atoms with E-state index in [1.807, 2.05) is 24.3 Å². The number of benzene rings is 2. The lowest BCUT2D eigenvalue weighted by atomic mass is 9.99. The highest BCUT2D eigenvalue weighted by Crippen LogP contribution is 2.27. The number of aromatic amines is 1. The molecule has 0 amide bonds. The molecule has 3 aromatic rings. The Labute approximate surface area is 136 Å². The number of carbonyl (C=O) groups is 1. The first-order valence-electron chi connectivity index (χ1n) is 6.66. The molecular weight excluding hydrogens is 323 g/mol. The summed E-state index contributed by atoms with van der Waals surface area (Å²) in [5.41, 5.74) is 2.23. The molecule has 0 fully saturated rings. The molecule has 4 nitrogen and oxygen atoms in total. The van der Waals surface area contributed by atoms with E-state index in [9.17, 15) is 9.90 Å². The number of hydrogen-bond donors (Lipinski definition) is 2. The number of aliphatic carboxylic acids is 1. The van der Waals surface area contributed by atoms with Gasteiger partial charge >= 0.3 is 5.97 Å². The number of carboxylic acid groups (broad SMARTS) is 1. The third-order valence-corrected chi connectivity index (χ3v) is 4.07. The molecule has 2 N–H and O–H groups in total. The lowest BCUT2D eigenvalue weighted by Crippen LogP contribution is -2.16. The minimum absolute atomic E-state index is 0.217. The number of H-pyrrole nitrogens is 1. The Balaban J connectivity index is 1.99. The Bertz CT molecular complexity index is 812. The number of nitrogens with one attached hydrogen (secondary N) is 1. The van der Waals surface area contributed by atoms with Crippen molar-refractivity contribution >= 4 is 40.2 Å². The first-order valence-corrected chi connectivity index (χ1v) is 7.41. The number of para-hydroxylation sites is 2. The van der Waals surface area contributed by atoms with E-state index in [0.29, 0.717) is 21.4 Å². The summed E-state index contributed by atoms with van der Waals surface area (Å²) in [5.74, 6) is -1.37. The van der Waals surface area contributed by atoms with Crippen molar-refractivity contribution in [3.63, 3.8) is 0 Å². The Hall–Kier alpha value is -2.04. The highest BCUT2D eigenvalue weighted by atomic mass is 35.5. The van der Waals surface area contributed by atoms with Crippen molar-refractivity contribution in [2.45, 2.75) is 12.3 Å². The molecule has 0 unspecified atom stereocenters. The van der Waals surface area contributed by atoms with Crippen molar-refractivity contribution in [3.8, 4) is 0 Å².